The first-order chi connectivity index (χ1) is 15.2. The van der Waals surface area contributed by atoms with Gasteiger partial charge in [0.05, 0.1) is 19.2 Å². The van der Waals surface area contributed by atoms with Crippen molar-refractivity contribution in [3.8, 4) is 0 Å². The minimum atomic E-state index is -1.05. The Morgan fingerprint density at radius 1 is 0.903 bits per heavy atom. The Morgan fingerprint density at radius 3 is 2.06 bits per heavy atom. The van der Waals surface area contributed by atoms with E-state index in [-0.39, 0.29) is 5.91 Å². The van der Waals surface area contributed by atoms with E-state index in [0.29, 0.717) is 17.7 Å². The monoisotopic (exact) mass is 435 g/mol. The molecule has 5 nitrogen and oxygen atoms in total. The van der Waals surface area contributed by atoms with Crippen LogP contribution in [-0.4, -0.2) is 32.1 Å². The van der Waals surface area contributed by atoms with Crippen molar-refractivity contribution in [2.24, 2.45) is 0 Å². The van der Waals surface area contributed by atoms with Gasteiger partial charge in [0, 0.05) is 17.4 Å². The van der Waals surface area contributed by atoms with Crippen molar-refractivity contribution in [2.45, 2.75) is 12.8 Å². The number of benzene rings is 3. The molecule has 0 aliphatic carbocycles. The van der Waals surface area contributed by atoms with Gasteiger partial charge >= 0.3 is 5.97 Å². The number of methoxy groups -OCH3 is 1. The molecule has 3 aromatic rings. The fourth-order valence-corrected chi connectivity index (χ4v) is 5.80. The molecule has 0 bridgehead atoms. The lowest BCUT2D eigenvalue weighted by molar-refractivity contribution is -0.368. The number of esters is 1. The van der Waals surface area contributed by atoms with Crippen LogP contribution in [0.4, 0.5) is 0 Å². The number of nitrogens with one attached hydrogen (secondary N) is 1. The molecule has 0 radical (unpaired) electrons. The summed E-state index contributed by atoms with van der Waals surface area (Å²) in [4.78, 5) is 25.4. The SMILES string of the molecule is COC(=O)c1ccc(C(=O)NCCCC[NH3+])cc1P(c1ccccc1)c1ccccc1. The van der Waals surface area contributed by atoms with Crippen LogP contribution in [0.1, 0.15) is 33.6 Å². The molecule has 0 unspecified atom stereocenters. The highest BCUT2D eigenvalue weighted by Gasteiger charge is 2.24. The number of ether oxygens (including phenoxy) is 1. The average Bonchev–Trinajstić information content (AvgIpc) is 2.83. The van der Waals surface area contributed by atoms with Crippen molar-refractivity contribution >= 4 is 35.7 Å². The molecule has 0 atom stereocenters. The highest BCUT2D eigenvalue weighted by molar-refractivity contribution is 7.80. The van der Waals surface area contributed by atoms with Crippen LogP contribution in [0, 0.1) is 0 Å². The molecule has 0 aliphatic rings. The summed E-state index contributed by atoms with van der Waals surface area (Å²) in [5.41, 5.74) is 4.85. The maximum Gasteiger partial charge on any atom is 0.338 e. The van der Waals surface area contributed by atoms with Crippen LogP contribution >= 0.6 is 7.92 Å². The lowest BCUT2D eigenvalue weighted by Gasteiger charge is -2.22. The Kier molecular flexibility index (Phi) is 8.34. The average molecular weight is 435 g/mol. The van der Waals surface area contributed by atoms with E-state index in [1.54, 1.807) is 12.1 Å². The quantitative estimate of drug-likeness (QED) is 0.306. The van der Waals surface area contributed by atoms with Crippen molar-refractivity contribution < 1.29 is 20.1 Å². The van der Waals surface area contributed by atoms with Gasteiger partial charge in [0.2, 0.25) is 0 Å². The van der Waals surface area contributed by atoms with Gasteiger partial charge in [-0.3, -0.25) is 4.79 Å². The second-order valence-electron chi connectivity index (χ2n) is 7.05. The predicted molar refractivity (Wildman–Crippen MR) is 126 cm³/mol. The molecule has 6 heteroatoms. The van der Waals surface area contributed by atoms with E-state index in [1.165, 1.54) is 7.11 Å². The Morgan fingerprint density at radius 2 is 1.52 bits per heavy atom. The molecular weight excluding hydrogens is 407 g/mol. The molecule has 0 heterocycles. The van der Waals surface area contributed by atoms with Crippen LogP contribution in [0.25, 0.3) is 0 Å². The van der Waals surface area contributed by atoms with E-state index in [0.717, 1.165) is 35.3 Å². The second kappa shape index (κ2) is 11.4. The zero-order chi connectivity index (χ0) is 22.1. The molecule has 0 fully saturated rings. The molecule has 3 aromatic carbocycles. The molecule has 0 aromatic heterocycles. The normalized spacial score (nSPS) is 10.7. The third-order valence-electron chi connectivity index (χ3n) is 4.90. The van der Waals surface area contributed by atoms with E-state index in [1.807, 2.05) is 42.5 Å². The summed E-state index contributed by atoms with van der Waals surface area (Å²) >= 11 is 0. The number of carbonyl (C=O) groups excluding carboxylic acids is 2. The van der Waals surface area contributed by atoms with Gasteiger partial charge in [0.25, 0.3) is 5.91 Å². The minimum Gasteiger partial charge on any atom is -0.465 e. The third kappa shape index (κ3) is 5.78. The maximum absolute atomic E-state index is 12.8. The lowest BCUT2D eigenvalue weighted by atomic mass is 10.1. The maximum atomic E-state index is 12.8. The van der Waals surface area contributed by atoms with E-state index in [9.17, 15) is 9.59 Å². The molecule has 160 valence electrons. The lowest BCUT2D eigenvalue weighted by Crippen LogP contribution is -2.50. The van der Waals surface area contributed by atoms with Crippen LogP contribution in [0.3, 0.4) is 0 Å². The van der Waals surface area contributed by atoms with E-state index >= 15 is 0 Å². The topological polar surface area (TPSA) is 83.0 Å². The molecule has 0 aliphatic heterocycles. The Hall–Kier alpha value is -3.01. The van der Waals surface area contributed by atoms with Gasteiger partial charge in [-0.15, -0.1) is 0 Å². The number of quaternary nitrogens is 1. The number of hydrogen-bond acceptors (Lipinski definition) is 3. The summed E-state index contributed by atoms with van der Waals surface area (Å²) in [5.74, 6) is -0.547. The molecule has 4 N–H and O–H groups in total. The number of carbonyl (C=O) groups is 2. The molecule has 1 amide bonds. The van der Waals surface area contributed by atoms with Crippen LogP contribution in [0.2, 0.25) is 0 Å². The standard InChI is InChI=1S/C25H27N2O3P/c1-30-25(29)22-15-14-19(24(28)27-17-9-8-16-26)18-23(22)31(20-10-4-2-5-11-20)21-12-6-3-7-13-21/h2-7,10-15,18H,8-9,16-17,26H2,1H3,(H,27,28)/p+1. The number of unbranched alkanes of at least 4 members (excludes halogenated alkanes) is 1. The molecular formula is C25H28N2O3P+. The Bertz CT molecular complexity index is 970. The fourth-order valence-electron chi connectivity index (χ4n) is 3.33. The molecule has 3 rings (SSSR count). The highest BCUT2D eigenvalue weighted by Crippen LogP contribution is 2.34. The van der Waals surface area contributed by atoms with Gasteiger partial charge in [0.15, 0.2) is 0 Å². The Balaban J connectivity index is 2.07. The van der Waals surface area contributed by atoms with Crippen molar-refractivity contribution in [2.75, 3.05) is 20.2 Å². The van der Waals surface area contributed by atoms with Gasteiger partial charge in [-0.05, 0) is 49.6 Å². The Labute approximate surface area is 184 Å². The smallest absolute Gasteiger partial charge is 0.338 e. The van der Waals surface area contributed by atoms with Crippen LogP contribution in [0.5, 0.6) is 0 Å². The van der Waals surface area contributed by atoms with Crippen molar-refractivity contribution in [3.63, 3.8) is 0 Å². The van der Waals surface area contributed by atoms with Crippen LogP contribution < -0.4 is 27.0 Å². The number of amides is 1. The minimum absolute atomic E-state index is 0.141. The summed E-state index contributed by atoms with van der Waals surface area (Å²) in [6.07, 6.45) is 1.86. The van der Waals surface area contributed by atoms with Crippen LogP contribution in [0.15, 0.2) is 78.9 Å². The van der Waals surface area contributed by atoms with Gasteiger partial charge in [0.1, 0.15) is 0 Å². The third-order valence-corrected chi connectivity index (χ3v) is 7.38. The largest absolute Gasteiger partial charge is 0.465 e. The van der Waals surface area contributed by atoms with Crippen molar-refractivity contribution in [3.05, 3.63) is 90.0 Å². The summed E-state index contributed by atoms with van der Waals surface area (Å²) < 4.78 is 5.06. The van der Waals surface area contributed by atoms with Gasteiger partial charge in [-0.1, -0.05) is 60.7 Å². The summed E-state index contributed by atoms with van der Waals surface area (Å²) in [6, 6.07) is 25.4. The first-order valence-electron chi connectivity index (χ1n) is 10.4. The highest BCUT2D eigenvalue weighted by atomic mass is 31.1. The first-order valence-corrected chi connectivity index (χ1v) is 11.7. The number of rotatable bonds is 9. The molecule has 0 saturated carbocycles. The fraction of sp³-hybridized carbons (Fsp3) is 0.200. The second-order valence-corrected chi connectivity index (χ2v) is 9.23. The number of hydrogen-bond donors (Lipinski definition) is 2. The molecule has 0 spiro atoms. The summed E-state index contributed by atoms with van der Waals surface area (Å²) in [7, 11) is 0.324. The van der Waals surface area contributed by atoms with Crippen molar-refractivity contribution in [1.29, 1.82) is 0 Å². The molecule has 31 heavy (non-hydrogen) atoms. The zero-order valence-electron chi connectivity index (χ0n) is 17.7. The van der Waals surface area contributed by atoms with Gasteiger partial charge < -0.3 is 15.8 Å². The van der Waals surface area contributed by atoms with Gasteiger partial charge in [-0.25, -0.2) is 4.79 Å². The zero-order valence-corrected chi connectivity index (χ0v) is 18.6. The summed E-state index contributed by atoms with van der Waals surface area (Å²) in [6.45, 7) is 1.46. The molecule has 0 saturated heterocycles. The summed E-state index contributed by atoms with van der Waals surface area (Å²) in [5, 5.41) is 5.97. The van der Waals surface area contributed by atoms with Gasteiger partial charge in [-0.2, -0.15) is 0 Å². The van der Waals surface area contributed by atoms with E-state index < -0.39 is 13.9 Å². The van der Waals surface area contributed by atoms with Crippen LogP contribution in [-0.2, 0) is 4.74 Å². The van der Waals surface area contributed by atoms with Crippen molar-refractivity contribution in [1.82, 2.24) is 5.32 Å². The predicted octanol–water partition coefficient (Wildman–Crippen LogP) is 1.98. The van der Waals surface area contributed by atoms with E-state index in [2.05, 4.69) is 35.3 Å². The first kappa shape index (κ1) is 22.7. The van der Waals surface area contributed by atoms with E-state index in [4.69, 9.17) is 4.74 Å².